The number of aryl methyl sites for hydroxylation is 4. The molecule has 0 saturated carbocycles. The van der Waals surface area contributed by atoms with E-state index < -0.39 is 0 Å². The van der Waals surface area contributed by atoms with Crippen LogP contribution in [-0.2, 0) is 17.0 Å². The zero-order valence-corrected chi connectivity index (χ0v) is 17.6. The Morgan fingerprint density at radius 3 is 2.54 bits per heavy atom. The fourth-order valence-corrected chi connectivity index (χ4v) is 4.00. The lowest BCUT2D eigenvalue weighted by Crippen LogP contribution is -2.02. The number of aromatic nitrogens is 1. The van der Waals surface area contributed by atoms with Crippen molar-refractivity contribution in [1.29, 1.82) is 0 Å². The van der Waals surface area contributed by atoms with Gasteiger partial charge in [-0.15, -0.1) is 11.8 Å². The normalized spacial score (nSPS) is 11.0. The summed E-state index contributed by atoms with van der Waals surface area (Å²) >= 11 is 1.62. The predicted octanol–water partition coefficient (Wildman–Crippen LogP) is 6.09. The number of rotatable bonds is 9. The van der Waals surface area contributed by atoms with E-state index in [1.54, 1.807) is 11.8 Å². The van der Waals surface area contributed by atoms with Gasteiger partial charge in [0.15, 0.2) is 0 Å². The van der Waals surface area contributed by atoms with Crippen LogP contribution in [0.2, 0.25) is 0 Å². The number of hydrogen-bond donors (Lipinski definition) is 0. The van der Waals surface area contributed by atoms with Crippen LogP contribution in [0.4, 0.5) is 0 Å². The fourth-order valence-electron chi connectivity index (χ4n) is 3.07. The third kappa shape index (κ3) is 5.59. The van der Waals surface area contributed by atoms with Crippen LogP contribution in [0, 0.1) is 20.8 Å². The highest BCUT2D eigenvalue weighted by molar-refractivity contribution is 7.99. The highest BCUT2D eigenvalue weighted by Gasteiger charge is 2.13. The summed E-state index contributed by atoms with van der Waals surface area (Å²) in [6.07, 6.45) is 2.49. The number of oxazole rings is 1. The molecule has 2 aromatic carbocycles. The summed E-state index contributed by atoms with van der Waals surface area (Å²) in [5, 5.41) is 0. The number of carbonyl (C=O) groups is 1. The van der Waals surface area contributed by atoms with E-state index in [1.807, 2.05) is 25.1 Å². The molecule has 1 aromatic heterocycles. The number of nitrogens with zero attached hydrogens (tertiary/aromatic N) is 1. The first-order valence-electron chi connectivity index (χ1n) is 9.70. The second kappa shape index (κ2) is 9.74. The van der Waals surface area contributed by atoms with Crippen LogP contribution in [0.15, 0.2) is 52.9 Å². The monoisotopic (exact) mass is 393 g/mol. The van der Waals surface area contributed by atoms with Crippen LogP contribution < -0.4 is 0 Å². The molecule has 0 saturated heterocycles. The highest BCUT2D eigenvalue weighted by atomic mass is 32.2. The molecule has 0 aliphatic heterocycles. The maximum atomic E-state index is 12.2. The van der Waals surface area contributed by atoms with Crippen molar-refractivity contribution in [3.8, 4) is 11.5 Å². The Balaban J connectivity index is 1.44. The molecule has 1 heterocycles. The molecule has 0 fully saturated rings. The first-order chi connectivity index (χ1) is 13.5. The number of carbonyl (C=O) groups excluding carboxylic acids is 1. The van der Waals surface area contributed by atoms with E-state index in [1.165, 1.54) is 11.1 Å². The van der Waals surface area contributed by atoms with Crippen molar-refractivity contribution >= 4 is 17.5 Å². The second-order valence-electron chi connectivity index (χ2n) is 7.21. The van der Waals surface area contributed by atoms with Crippen molar-refractivity contribution in [1.82, 2.24) is 4.98 Å². The van der Waals surface area contributed by atoms with Crippen LogP contribution in [0.3, 0.4) is 0 Å². The van der Waals surface area contributed by atoms with Gasteiger partial charge in [0.25, 0.3) is 0 Å². The first kappa shape index (κ1) is 20.4. The minimum absolute atomic E-state index is 0.303. The van der Waals surface area contributed by atoms with Crippen molar-refractivity contribution < 1.29 is 9.21 Å². The Hall–Kier alpha value is -2.33. The van der Waals surface area contributed by atoms with E-state index in [9.17, 15) is 4.79 Å². The molecule has 0 spiro atoms. The van der Waals surface area contributed by atoms with Crippen molar-refractivity contribution in [2.45, 2.75) is 45.8 Å². The van der Waals surface area contributed by atoms with Crippen molar-refractivity contribution in [2.75, 3.05) is 5.75 Å². The lowest BCUT2D eigenvalue weighted by molar-refractivity contribution is -0.116. The molecular formula is C24H27NO2S. The lowest BCUT2D eigenvalue weighted by Gasteiger charge is -2.03. The lowest BCUT2D eigenvalue weighted by atomic mass is 10.1. The van der Waals surface area contributed by atoms with Crippen molar-refractivity contribution in [3.05, 3.63) is 76.7 Å². The molecule has 3 nitrogen and oxygen atoms in total. The first-order valence-corrected chi connectivity index (χ1v) is 10.9. The van der Waals surface area contributed by atoms with Gasteiger partial charge in [-0.3, -0.25) is 4.79 Å². The summed E-state index contributed by atoms with van der Waals surface area (Å²) in [5.41, 5.74) is 5.66. The topological polar surface area (TPSA) is 43.1 Å². The minimum atomic E-state index is 0.303. The number of Topliss-reactive ketones (excluding diaryl/α,β-unsaturated/α-hetero) is 1. The maximum absolute atomic E-state index is 12.2. The molecule has 28 heavy (non-hydrogen) atoms. The van der Waals surface area contributed by atoms with Gasteiger partial charge < -0.3 is 4.42 Å². The molecule has 0 radical (unpaired) electrons. The number of benzene rings is 2. The molecule has 0 amide bonds. The number of ketones is 1. The van der Waals surface area contributed by atoms with E-state index >= 15 is 0 Å². The third-order valence-corrected chi connectivity index (χ3v) is 5.82. The molecule has 0 aliphatic rings. The third-order valence-electron chi connectivity index (χ3n) is 4.81. The van der Waals surface area contributed by atoms with Gasteiger partial charge >= 0.3 is 0 Å². The summed E-state index contributed by atoms with van der Waals surface area (Å²) in [6.45, 7) is 6.08. The smallest absolute Gasteiger partial charge is 0.226 e. The van der Waals surface area contributed by atoms with Gasteiger partial charge in [0.05, 0.1) is 11.4 Å². The predicted molar refractivity (Wildman–Crippen MR) is 117 cm³/mol. The van der Waals surface area contributed by atoms with Crippen LogP contribution in [-0.4, -0.2) is 16.5 Å². The fraction of sp³-hybridized carbons (Fsp3) is 0.333. The van der Waals surface area contributed by atoms with Gasteiger partial charge in [-0.2, -0.15) is 0 Å². The molecule has 3 aromatic rings. The molecule has 0 aliphatic carbocycles. The molecule has 0 bridgehead atoms. The van der Waals surface area contributed by atoms with Crippen LogP contribution in [0.1, 0.15) is 41.0 Å². The van der Waals surface area contributed by atoms with Gasteiger partial charge in [0.1, 0.15) is 11.5 Å². The molecular weight excluding hydrogens is 366 g/mol. The van der Waals surface area contributed by atoms with Crippen molar-refractivity contribution in [2.24, 2.45) is 0 Å². The summed E-state index contributed by atoms with van der Waals surface area (Å²) in [6, 6.07) is 16.6. The second-order valence-corrected chi connectivity index (χ2v) is 8.19. The number of hydrogen-bond acceptors (Lipinski definition) is 4. The van der Waals surface area contributed by atoms with Gasteiger partial charge in [-0.05, 0) is 50.8 Å². The van der Waals surface area contributed by atoms with Gasteiger partial charge in [0.2, 0.25) is 5.89 Å². The Morgan fingerprint density at radius 1 is 1.04 bits per heavy atom. The molecule has 3 rings (SSSR count). The van der Waals surface area contributed by atoms with E-state index in [0.717, 1.165) is 35.4 Å². The average molecular weight is 394 g/mol. The highest BCUT2D eigenvalue weighted by Crippen LogP contribution is 2.26. The molecule has 0 atom stereocenters. The van der Waals surface area contributed by atoms with E-state index in [0.29, 0.717) is 29.6 Å². The Kier molecular flexibility index (Phi) is 7.10. The summed E-state index contributed by atoms with van der Waals surface area (Å²) < 4.78 is 5.85. The molecule has 0 N–H and O–H groups in total. The number of thioether (sulfide) groups is 1. The van der Waals surface area contributed by atoms with Crippen LogP contribution >= 0.6 is 11.8 Å². The maximum Gasteiger partial charge on any atom is 0.226 e. The Bertz CT molecular complexity index is 928. The molecule has 0 unspecified atom stereocenters. The molecule has 4 heteroatoms. The zero-order valence-electron chi connectivity index (χ0n) is 16.8. The van der Waals surface area contributed by atoms with Gasteiger partial charge in [0, 0.05) is 17.7 Å². The zero-order chi connectivity index (χ0) is 19.9. The molecule has 146 valence electrons. The van der Waals surface area contributed by atoms with Crippen LogP contribution in [0.5, 0.6) is 0 Å². The van der Waals surface area contributed by atoms with E-state index in [4.69, 9.17) is 4.42 Å². The summed E-state index contributed by atoms with van der Waals surface area (Å²) in [5.74, 6) is 3.02. The van der Waals surface area contributed by atoms with E-state index in [-0.39, 0.29) is 0 Å². The quantitative estimate of drug-likeness (QED) is 0.441. The van der Waals surface area contributed by atoms with Crippen LogP contribution in [0.25, 0.3) is 11.5 Å². The Labute approximate surface area is 171 Å². The van der Waals surface area contributed by atoms with Gasteiger partial charge in [-0.25, -0.2) is 4.98 Å². The largest absolute Gasteiger partial charge is 0.441 e. The van der Waals surface area contributed by atoms with Crippen molar-refractivity contribution in [3.63, 3.8) is 0 Å². The van der Waals surface area contributed by atoms with E-state index in [2.05, 4.69) is 49.2 Å². The summed E-state index contributed by atoms with van der Waals surface area (Å²) in [7, 11) is 0. The minimum Gasteiger partial charge on any atom is -0.441 e. The average Bonchev–Trinajstić information content (AvgIpc) is 3.04. The summed E-state index contributed by atoms with van der Waals surface area (Å²) in [4.78, 5) is 16.8. The SMILES string of the molecule is Cc1ccc(CCCC(=O)CSCc2nc(-c3ccccc3C)oc2C)cc1. The standard InChI is InChI=1S/C24H27NO2S/c1-17-11-13-20(14-12-17)8-6-9-21(26)15-28-16-23-19(3)27-24(25-23)22-10-5-4-7-18(22)2/h4-5,7,10-14H,6,8-9,15-16H2,1-3H3. The van der Waals surface area contributed by atoms with Gasteiger partial charge in [-0.1, -0.05) is 48.0 Å². The Morgan fingerprint density at radius 2 is 1.79 bits per heavy atom.